The Morgan fingerprint density at radius 1 is 1.19 bits per heavy atom. The number of ether oxygens (including phenoxy) is 1. The molecule has 3 rings (SSSR count). The average Bonchev–Trinajstić information content (AvgIpc) is 3.24. The maximum Gasteiger partial charge on any atom is 0.199 e. The number of carbonyl (C=O) groups excluding carboxylic acids is 1. The number of fused-ring (bicyclic) bond motifs is 1. The zero-order valence-electron chi connectivity index (χ0n) is 12.2. The Hall–Kier alpha value is -2.13. The van der Waals surface area contributed by atoms with Crippen LogP contribution >= 0.6 is 0 Å². The average molecular weight is 282 g/mol. The van der Waals surface area contributed by atoms with Crippen LogP contribution < -0.4 is 4.74 Å². The number of hydrogen-bond donors (Lipinski definition) is 1. The largest absolute Gasteiger partial charge is 0.449 e. The number of ketones is 1. The Morgan fingerprint density at radius 3 is 2.71 bits per heavy atom. The van der Waals surface area contributed by atoms with Crippen LogP contribution in [0.2, 0.25) is 0 Å². The molecule has 1 aliphatic rings. The Labute approximate surface area is 124 Å². The van der Waals surface area contributed by atoms with E-state index in [0.29, 0.717) is 22.8 Å². The second-order valence-corrected chi connectivity index (χ2v) is 5.84. The van der Waals surface area contributed by atoms with Gasteiger partial charge in [0.2, 0.25) is 0 Å². The highest BCUT2D eigenvalue weighted by molar-refractivity contribution is 6.04. The van der Waals surface area contributed by atoms with E-state index >= 15 is 0 Å². The van der Waals surface area contributed by atoms with Crippen molar-refractivity contribution in [1.82, 2.24) is 0 Å². The van der Waals surface area contributed by atoms with Crippen LogP contribution in [-0.2, 0) is 6.42 Å². The number of rotatable bonds is 5. The minimum Gasteiger partial charge on any atom is -0.449 e. The molecule has 0 aromatic heterocycles. The summed E-state index contributed by atoms with van der Waals surface area (Å²) < 4.78 is 5.22. The highest BCUT2D eigenvalue weighted by Crippen LogP contribution is 2.48. The summed E-state index contributed by atoms with van der Waals surface area (Å²) in [6.07, 6.45) is -0.216. The van der Waals surface area contributed by atoms with E-state index in [9.17, 15) is 9.90 Å². The molecule has 3 nitrogen and oxygen atoms in total. The number of Topliss-reactive ketones (excluding diaryl/α,β-unsaturated/α-hetero) is 1. The lowest BCUT2D eigenvalue weighted by Gasteiger charge is -2.12. The predicted molar refractivity (Wildman–Crippen MR) is 80.8 cm³/mol. The lowest BCUT2D eigenvalue weighted by Crippen LogP contribution is -2.12. The summed E-state index contributed by atoms with van der Waals surface area (Å²) >= 11 is 0. The molecule has 1 unspecified atom stereocenters. The highest BCUT2D eigenvalue weighted by atomic mass is 16.6. The molecule has 1 N–H and O–H groups in total. The number of aliphatic hydroxyl groups is 1. The van der Waals surface area contributed by atoms with Crippen molar-refractivity contribution in [3.63, 3.8) is 0 Å². The first-order valence-electron chi connectivity index (χ1n) is 7.18. The quantitative estimate of drug-likeness (QED) is 0.570. The highest BCUT2D eigenvalue weighted by Gasteiger charge is 2.31. The molecule has 0 radical (unpaired) electrons. The molecule has 0 saturated carbocycles. The Bertz CT molecular complexity index is 689. The fourth-order valence-electron chi connectivity index (χ4n) is 2.54. The first kappa shape index (κ1) is 13.8. The summed E-state index contributed by atoms with van der Waals surface area (Å²) in [4.78, 5) is 12.4. The molecule has 1 atom stereocenters. The van der Waals surface area contributed by atoms with Gasteiger partial charge in [-0.25, -0.2) is 0 Å². The summed E-state index contributed by atoms with van der Waals surface area (Å²) in [6.45, 7) is 4.29. The van der Waals surface area contributed by atoms with Crippen molar-refractivity contribution in [2.24, 2.45) is 5.92 Å². The maximum absolute atomic E-state index is 12.4. The van der Waals surface area contributed by atoms with Gasteiger partial charge in [0.15, 0.2) is 17.3 Å². The molecular weight excluding hydrogens is 264 g/mol. The number of aliphatic hydroxyl groups excluding tert-OH is 1. The van der Waals surface area contributed by atoms with Gasteiger partial charge in [-0.15, -0.1) is 0 Å². The van der Waals surface area contributed by atoms with Crippen molar-refractivity contribution in [3.05, 3.63) is 59.2 Å². The number of benzene rings is 2. The zero-order valence-corrected chi connectivity index (χ0v) is 12.2. The molecule has 1 aliphatic heterocycles. The van der Waals surface area contributed by atoms with E-state index in [0.717, 1.165) is 17.7 Å². The van der Waals surface area contributed by atoms with E-state index in [1.54, 1.807) is 18.2 Å². The van der Waals surface area contributed by atoms with E-state index in [-0.39, 0.29) is 5.78 Å². The maximum atomic E-state index is 12.4. The molecule has 0 amide bonds. The van der Waals surface area contributed by atoms with Crippen LogP contribution in [0.1, 0.15) is 41.4 Å². The lowest BCUT2D eigenvalue weighted by atomic mass is 9.96. The van der Waals surface area contributed by atoms with Crippen molar-refractivity contribution >= 4 is 5.78 Å². The summed E-state index contributed by atoms with van der Waals surface area (Å²) in [6, 6.07) is 12.9. The standard InChI is InChI=1S/C18H18O3/c1-11(2)9-12-5-3-6-13(10-12)16(19)17(20)14-7-4-8-15-18(14)21-15/h3-8,10-11,16,19H,9H2,1-2H3. The number of carbonyl (C=O) groups is 1. The molecule has 0 aliphatic carbocycles. The van der Waals surface area contributed by atoms with Gasteiger partial charge in [-0.2, -0.15) is 0 Å². The lowest BCUT2D eigenvalue weighted by molar-refractivity contribution is 0.0747. The molecule has 0 spiro atoms. The molecule has 21 heavy (non-hydrogen) atoms. The van der Waals surface area contributed by atoms with Gasteiger partial charge in [-0.05, 0) is 35.6 Å². The van der Waals surface area contributed by atoms with E-state index < -0.39 is 6.10 Å². The third kappa shape index (κ3) is 2.83. The monoisotopic (exact) mass is 282 g/mol. The van der Waals surface area contributed by atoms with Crippen LogP contribution in [0.3, 0.4) is 0 Å². The molecule has 0 fully saturated rings. The van der Waals surface area contributed by atoms with Crippen molar-refractivity contribution in [1.29, 1.82) is 0 Å². The van der Waals surface area contributed by atoms with Crippen molar-refractivity contribution in [2.75, 3.05) is 0 Å². The molecule has 2 aromatic rings. The normalized spacial score (nSPS) is 13.5. The van der Waals surface area contributed by atoms with Crippen molar-refractivity contribution < 1.29 is 14.6 Å². The first-order valence-corrected chi connectivity index (χ1v) is 7.18. The Balaban J connectivity index is 1.84. The minimum atomic E-state index is -1.15. The fraction of sp³-hybridized carbons (Fsp3) is 0.278. The van der Waals surface area contributed by atoms with E-state index in [4.69, 9.17) is 4.74 Å². The molecule has 2 aromatic carbocycles. The molecule has 108 valence electrons. The van der Waals surface area contributed by atoms with Crippen LogP contribution in [0.5, 0.6) is 11.5 Å². The molecular formula is C18H18O3. The predicted octanol–water partition coefficient (Wildman–Crippen LogP) is 3.91. The van der Waals surface area contributed by atoms with Gasteiger partial charge in [0.25, 0.3) is 0 Å². The Kier molecular flexibility index (Phi) is 3.52. The van der Waals surface area contributed by atoms with Crippen LogP contribution in [0.15, 0.2) is 42.5 Å². The topological polar surface area (TPSA) is 49.8 Å². The number of hydrogen-bond acceptors (Lipinski definition) is 3. The molecule has 0 bridgehead atoms. The van der Waals surface area contributed by atoms with Crippen LogP contribution in [-0.4, -0.2) is 10.9 Å². The summed E-state index contributed by atoms with van der Waals surface area (Å²) in [5.41, 5.74) is 2.22. The van der Waals surface area contributed by atoms with Crippen molar-refractivity contribution in [2.45, 2.75) is 26.4 Å². The number of para-hydroxylation sites is 1. The first-order chi connectivity index (χ1) is 10.1. The van der Waals surface area contributed by atoms with Crippen LogP contribution in [0, 0.1) is 5.92 Å². The third-order valence-corrected chi connectivity index (χ3v) is 3.57. The second-order valence-electron chi connectivity index (χ2n) is 5.84. The van der Waals surface area contributed by atoms with E-state index in [2.05, 4.69) is 13.8 Å². The van der Waals surface area contributed by atoms with Gasteiger partial charge in [0.05, 0.1) is 5.56 Å². The van der Waals surface area contributed by atoms with Crippen molar-refractivity contribution in [3.8, 4) is 11.5 Å². The van der Waals surface area contributed by atoms with Gasteiger partial charge in [-0.3, -0.25) is 4.79 Å². The van der Waals surface area contributed by atoms with E-state index in [1.165, 1.54) is 0 Å². The van der Waals surface area contributed by atoms with Crippen LogP contribution in [0.25, 0.3) is 0 Å². The second kappa shape index (κ2) is 5.34. The van der Waals surface area contributed by atoms with Gasteiger partial charge < -0.3 is 9.84 Å². The summed E-state index contributed by atoms with van der Waals surface area (Å²) in [5.74, 6) is 1.54. The van der Waals surface area contributed by atoms with Gasteiger partial charge in [0.1, 0.15) is 6.10 Å². The molecule has 3 heteroatoms. The SMILES string of the molecule is CC(C)Cc1cccc(C(O)C(=O)c2cccc3c2O3)c1. The smallest absolute Gasteiger partial charge is 0.199 e. The summed E-state index contributed by atoms with van der Waals surface area (Å²) in [5, 5.41) is 10.3. The Morgan fingerprint density at radius 2 is 1.95 bits per heavy atom. The fourth-order valence-corrected chi connectivity index (χ4v) is 2.54. The van der Waals surface area contributed by atoms with Gasteiger partial charge in [0, 0.05) is 0 Å². The van der Waals surface area contributed by atoms with Gasteiger partial charge in [-0.1, -0.05) is 44.2 Å². The molecule has 1 heterocycles. The third-order valence-electron chi connectivity index (χ3n) is 3.57. The zero-order chi connectivity index (χ0) is 15.0. The van der Waals surface area contributed by atoms with E-state index in [1.807, 2.05) is 24.3 Å². The van der Waals surface area contributed by atoms with Gasteiger partial charge >= 0.3 is 0 Å². The minimum absolute atomic E-state index is 0.314. The molecule has 0 saturated heterocycles. The summed E-state index contributed by atoms with van der Waals surface area (Å²) in [7, 11) is 0. The van der Waals surface area contributed by atoms with Crippen LogP contribution in [0.4, 0.5) is 0 Å².